The van der Waals surface area contributed by atoms with E-state index in [9.17, 15) is 14.9 Å². The molecule has 0 heterocycles. The fraction of sp³-hybridized carbons (Fsp3) is 0.533. The van der Waals surface area contributed by atoms with Crippen molar-refractivity contribution in [1.29, 1.82) is 0 Å². The Bertz CT molecular complexity index is 470. The van der Waals surface area contributed by atoms with Gasteiger partial charge in [-0.2, -0.15) is 0 Å². The monoisotopic (exact) mass is 261 g/mol. The number of Topliss-reactive ketones (excluding diaryl/α,β-unsaturated/α-hetero) is 1. The van der Waals surface area contributed by atoms with Crippen LogP contribution in [-0.4, -0.2) is 10.7 Å². The quantitative estimate of drug-likeness (QED) is 0.472. The number of carbonyl (C=O) groups excluding carboxylic acids is 1. The number of hydrogen-bond acceptors (Lipinski definition) is 3. The van der Waals surface area contributed by atoms with Gasteiger partial charge in [0.1, 0.15) is 5.78 Å². The highest BCUT2D eigenvalue weighted by molar-refractivity contribution is 5.81. The Balaban J connectivity index is 2.01. The molecule has 0 aromatic heterocycles. The number of aryl methyl sites for hydroxylation is 1. The summed E-state index contributed by atoms with van der Waals surface area (Å²) < 4.78 is 0. The van der Waals surface area contributed by atoms with Gasteiger partial charge in [0.15, 0.2) is 0 Å². The molecule has 0 bridgehead atoms. The molecule has 0 N–H and O–H groups in total. The van der Waals surface area contributed by atoms with Crippen LogP contribution in [0.5, 0.6) is 0 Å². The molecule has 19 heavy (non-hydrogen) atoms. The summed E-state index contributed by atoms with van der Waals surface area (Å²) in [6.45, 7) is 0. The zero-order valence-corrected chi connectivity index (χ0v) is 11.0. The number of carbonyl (C=O) groups is 1. The van der Waals surface area contributed by atoms with Gasteiger partial charge in [0.25, 0.3) is 5.69 Å². The predicted molar refractivity (Wildman–Crippen MR) is 73.0 cm³/mol. The lowest BCUT2D eigenvalue weighted by Gasteiger charge is -2.12. The molecule has 1 unspecified atom stereocenters. The molecule has 1 aliphatic rings. The molecule has 4 heteroatoms. The number of hydrogen-bond donors (Lipinski definition) is 0. The van der Waals surface area contributed by atoms with E-state index >= 15 is 0 Å². The minimum absolute atomic E-state index is 0.0994. The second-order valence-corrected chi connectivity index (χ2v) is 5.19. The summed E-state index contributed by atoms with van der Waals surface area (Å²) in [5, 5.41) is 10.9. The van der Waals surface area contributed by atoms with E-state index in [1.54, 1.807) is 12.1 Å². The summed E-state index contributed by atoms with van der Waals surface area (Å²) in [6, 6.07) is 6.82. The van der Waals surface area contributed by atoms with E-state index in [0.717, 1.165) is 37.7 Å². The Morgan fingerprint density at radius 2 is 2.00 bits per heavy atom. The van der Waals surface area contributed by atoms with Crippen molar-refractivity contribution in [3.8, 4) is 0 Å². The van der Waals surface area contributed by atoms with Gasteiger partial charge < -0.3 is 0 Å². The summed E-state index contributed by atoms with van der Waals surface area (Å²) in [5.41, 5.74) is 0.910. The van der Waals surface area contributed by atoms with Crippen molar-refractivity contribution in [3.63, 3.8) is 0 Å². The third kappa shape index (κ3) is 3.63. The normalized spacial score (nSPS) is 20.0. The molecule has 2 rings (SSSR count). The van der Waals surface area contributed by atoms with E-state index in [-0.39, 0.29) is 16.5 Å². The molecule has 0 saturated heterocycles. The first-order chi connectivity index (χ1) is 9.18. The molecule has 1 aliphatic carbocycles. The van der Waals surface area contributed by atoms with Gasteiger partial charge in [-0.25, -0.2) is 0 Å². The SMILES string of the molecule is O=C1CCCCCC1CCc1ccccc1[N+](=O)[O-]. The maximum Gasteiger partial charge on any atom is 0.272 e. The third-order valence-corrected chi connectivity index (χ3v) is 3.88. The first kappa shape index (κ1) is 13.7. The summed E-state index contributed by atoms with van der Waals surface area (Å²) in [4.78, 5) is 22.5. The Morgan fingerprint density at radius 3 is 2.79 bits per heavy atom. The van der Waals surface area contributed by atoms with Crippen LogP contribution in [0.4, 0.5) is 5.69 Å². The standard InChI is InChI=1S/C15H19NO3/c17-15-9-3-1-2-7-13(15)11-10-12-6-4-5-8-14(12)16(18)19/h4-6,8,13H,1-3,7,9-11H2. The Morgan fingerprint density at radius 1 is 1.21 bits per heavy atom. The summed E-state index contributed by atoms with van der Waals surface area (Å²) >= 11 is 0. The number of nitrogens with zero attached hydrogens (tertiary/aromatic N) is 1. The van der Waals surface area contributed by atoms with E-state index in [4.69, 9.17) is 0 Å². The molecule has 0 aliphatic heterocycles. The van der Waals surface area contributed by atoms with Crippen LogP contribution >= 0.6 is 0 Å². The molecule has 1 fully saturated rings. The van der Waals surface area contributed by atoms with E-state index in [1.165, 1.54) is 6.07 Å². The molecule has 0 spiro atoms. The van der Waals surface area contributed by atoms with Crippen LogP contribution in [0.1, 0.15) is 44.1 Å². The molecule has 102 valence electrons. The molecular weight excluding hydrogens is 242 g/mol. The zero-order valence-electron chi connectivity index (χ0n) is 11.0. The lowest BCUT2D eigenvalue weighted by atomic mass is 9.91. The van der Waals surface area contributed by atoms with Crippen LogP contribution in [0.2, 0.25) is 0 Å². The van der Waals surface area contributed by atoms with E-state index in [2.05, 4.69) is 0 Å². The van der Waals surface area contributed by atoms with Crippen molar-refractivity contribution >= 4 is 11.5 Å². The van der Waals surface area contributed by atoms with Crippen molar-refractivity contribution in [3.05, 3.63) is 39.9 Å². The molecule has 1 aromatic carbocycles. The molecule has 1 atom stereocenters. The molecular formula is C15H19NO3. The largest absolute Gasteiger partial charge is 0.299 e. The van der Waals surface area contributed by atoms with Crippen LogP contribution < -0.4 is 0 Å². The highest BCUT2D eigenvalue weighted by Crippen LogP contribution is 2.26. The minimum atomic E-state index is -0.343. The average molecular weight is 261 g/mol. The second kappa shape index (κ2) is 6.45. The minimum Gasteiger partial charge on any atom is -0.299 e. The van der Waals surface area contributed by atoms with E-state index in [1.807, 2.05) is 6.07 Å². The molecule has 1 aromatic rings. The van der Waals surface area contributed by atoms with Gasteiger partial charge in [-0.3, -0.25) is 14.9 Å². The van der Waals surface area contributed by atoms with Gasteiger partial charge in [0.05, 0.1) is 4.92 Å². The van der Waals surface area contributed by atoms with Gasteiger partial charge in [0.2, 0.25) is 0 Å². The van der Waals surface area contributed by atoms with Crippen LogP contribution in [0.25, 0.3) is 0 Å². The van der Waals surface area contributed by atoms with Gasteiger partial charge in [0, 0.05) is 24.0 Å². The smallest absolute Gasteiger partial charge is 0.272 e. The van der Waals surface area contributed by atoms with Crippen LogP contribution in [0, 0.1) is 16.0 Å². The number of benzene rings is 1. The maximum absolute atomic E-state index is 11.9. The Hall–Kier alpha value is -1.71. The predicted octanol–water partition coefficient (Wildman–Crippen LogP) is 3.68. The van der Waals surface area contributed by atoms with Crippen LogP contribution in [0.3, 0.4) is 0 Å². The van der Waals surface area contributed by atoms with E-state index < -0.39 is 0 Å². The van der Waals surface area contributed by atoms with Crippen molar-refractivity contribution in [2.24, 2.45) is 5.92 Å². The van der Waals surface area contributed by atoms with Crippen molar-refractivity contribution < 1.29 is 9.72 Å². The molecule has 0 amide bonds. The number of para-hydroxylation sites is 1. The first-order valence-corrected chi connectivity index (χ1v) is 6.93. The van der Waals surface area contributed by atoms with Crippen molar-refractivity contribution in [2.75, 3.05) is 0 Å². The zero-order chi connectivity index (χ0) is 13.7. The highest BCUT2D eigenvalue weighted by Gasteiger charge is 2.21. The summed E-state index contributed by atoms with van der Waals surface area (Å²) in [7, 11) is 0. The van der Waals surface area contributed by atoms with E-state index in [0.29, 0.717) is 18.6 Å². The van der Waals surface area contributed by atoms with Gasteiger partial charge >= 0.3 is 0 Å². The third-order valence-electron chi connectivity index (χ3n) is 3.88. The van der Waals surface area contributed by atoms with Gasteiger partial charge in [-0.1, -0.05) is 31.0 Å². The second-order valence-electron chi connectivity index (χ2n) is 5.19. The Kier molecular flexibility index (Phi) is 4.66. The van der Waals surface area contributed by atoms with Crippen molar-refractivity contribution in [2.45, 2.75) is 44.9 Å². The number of nitro groups is 1. The van der Waals surface area contributed by atoms with Crippen molar-refractivity contribution in [1.82, 2.24) is 0 Å². The average Bonchev–Trinajstić information content (AvgIpc) is 2.61. The lowest BCUT2D eigenvalue weighted by Crippen LogP contribution is -2.13. The van der Waals surface area contributed by atoms with Gasteiger partial charge in [-0.05, 0) is 25.7 Å². The van der Waals surface area contributed by atoms with Crippen LogP contribution in [-0.2, 0) is 11.2 Å². The maximum atomic E-state index is 11.9. The number of ketones is 1. The molecule has 0 radical (unpaired) electrons. The molecule has 4 nitrogen and oxygen atoms in total. The number of rotatable bonds is 4. The highest BCUT2D eigenvalue weighted by atomic mass is 16.6. The van der Waals surface area contributed by atoms with Gasteiger partial charge in [-0.15, -0.1) is 0 Å². The Labute approximate surface area is 113 Å². The van der Waals surface area contributed by atoms with Crippen LogP contribution in [0.15, 0.2) is 24.3 Å². The first-order valence-electron chi connectivity index (χ1n) is 6.93. The fourth-order valence-electron chi connectivity index (χ4n) is 2.77. The fourth-order valence-corrected chi connectivity index (χ4v) is 2.77. The molecule has 1 saturated carbocycles. The summed E-state index contributed by atoms with van der Waals surface area (Å²) in [5.74, 6) is 0.443. The lowest BCUT2D eigenvalue weighted by molar-refractivity contribution is -0.385. The topological polar surface area (TPSA) is 60.2 Å². The number of nitro benzene ring substituents is 1. The summed E-state index contributed by atoms with van der Waals surface area (Å²) in [6.07, 6.45) is 6.22.